The largest absolute Gasteiger partial charge is 3.00 e. The van der Waals surface area contributed by atoms with Gasteiger partial charge in [0.1, 0.15) is 14.3 Å². The van der Waals surface area contributed by atoms with Crippen molar-refractivity contribution < 1.29 is 31.8 Å². The van der Waals surface area contributed by atoms with Gasteiger partial charge in [-0.25, -0.2) is 0 Å². The molecule has 0 N–H and O–H groups in total. The van der Waals surface area contributed by atoms with Gasteiger partial charge in [0.05, 0.1) is 0 Å². The van der Waals surface area contributed by atoms with E-state index in [-0.39, 0.29) is 64.7 Å². The Bertz CT molecular complexity index is 2490. The summed E-state index contributed by atoms with van der Waals surface area (Å²) in [4.78, 5) is 0. The Morgan fingerprint density at radius 1 is 0.429 bits per heavy atom. The van der Waals surface area contributed by atoms with Crippen LogP contribution in [0, 0.1) is 0 Å². The van der Waals surface area contributed by atoms with Crippen molar-refractivity contribution in [1.82, 2.24) is 0 Å². The molecule has 0 aromatic heterocycles. The average molecular weight is 933 g/mol. The molecule has 10 heteroatoms. The Labute approximate surface area is 360 Å². The third-order valence-electron chi connectivity index (χ3n) is 9.99. The topological polar surface area (TPSA) is 80.3 Å². The molecule has 0 amide bonds. The molecule has 0 aliphatic heterocycles. The molecule has 0 spiro atoms. The number of hydrogen-bond acceptors (Lipinski definition) is 4. The Morgan fingerprint density at radius 2 is 0.714 bits per heavy atom. The third-order valence-corrected chi connectivity index (χ3v) is 17.1. The van der Waals surface area contributed by atoms with E-state index in [9.17, 15) is 0 Å². The molecule has 0 unspecified atom stereocenters. The van der Waals surface area contributed by atoms with Gasteiger partial charge in [-0.3, -0.25) is 0 Å². The van der Waals surface area contributed by atoms with Crippen LogP contribution in [-0.2, 0) is 21.5 Å². The minimum absolute atomic E-state index is 0. The van der Waals surface area contributed by atoms with E-state index >= 15 is 19.3 Å². The Hall–Kier alpha value is -3.88. The van der Waals surface area contributed by atoms with Crippen LogP contribution in [0.5, 0.6) is 11.5 Å². The molecule has 56 heavy (non-hydrogen) atoms. The first-order valence-electron chi connectivity index (χ1n) is 17.4. The van der Waals surface area contributed by atoms with Crippen LogP contribution in [0.1, 0.15) is 11.1 Å². The van der Waals surface area contributed by atoms with Crippen LogP contribution in [0.15, 0.2) is 179 Å². The molecule has 8 rings (SSSR count). The summed E-state index contributed by atoms with van der Waals surface area (Å²) in [5, 5.41) is 35.6. The van der Waals surface area contributed by atoms with Crippen molar-refractivity contribution in [3.8, 4) is 22.6 Å². The Balaban J connectivity index is 0.00000266. The van der Waals surface area contributed by atoms with E-state index in [1.165, 1.54) is 0 Å². The minimum atomic E-state index is -3.38. The molecular weight excluding hydrogens is 901 g/mol. The maximum atomic E-state index is 15.3. The maximum Gasteiger partial charge on any atom is 3.00 e. The first-order chi connectivity index (χ1) is 26.2. The fraction of sp³-hybridized carbons (Fsp3) is 0.0435. The number of hydrogen-bond donors (Lipinski definition) is 0. The minimum Gasteiger partial charge on any atom is -1.00 e. The van der Waals surface area contributed by atoms with Crippen LogP contribution in [0.4, 0.5) is 0 Å². The summed E-state index contributed by atoms with van der Waals surface area (Å²) in [7, 11) is -6.76. The van der Waals surface area contributed by atoms with Gasteiger partial charge in [-0.2, -0.15) is 0 Å². The molecule has 0 saturated heterocycles. The summed E-state index contributed by atoms with van der Waals surface area (Å²) < 4.78 is 32.3. The van der Waals surface area contributed by atoms with Gasteiger partial charge < -0.3 is 31.8 Å². The van der Waals surface area contributed by atoms with Gasteiger partial charge in [-0.1, -0.05) is 189 Å². The average Bonchev–Trinajstić information content (AvgIpc) is 3.20. The van der Waals surface area contributed by atoms with Crippen molar-refractivity contribution in [1.29, 1.82) is 0 Å². The maximum absolute atomic E-state index is 15.3. The zero-order valence-corrected chi connectivity index (χ0v) is 36.7. The fourth-order valence-electron chi connectivity index (χ4n) is 7.38. The zero-order chi connectivity index (χ0) is 37.5. The summed E-state index contributed by atoms with van der Waals surface area (Å²) in [5.74, 6) is -0.714. The van der Waals surface area contributed by atoms with Gasteiger partial charge in [0.15, 0.2) is 0 Å². The fourth-order valence-corrected chi connectivity index (χ4v) is 13.5. The number of fused-ring (bicyclic) bond motifs is 2. The van der Waals surface area contributed by atoms with Crippen molar-refractivity contribution in [2.24, 2.45) is 0 Å². The van der Waals surface area contributed by atoms with Crippen LogP contribution >= 0.6 is 46.1 Å². The number of halogens is 3. The molecule has 0 atom stereocenters. The Morgan fingerprint density at radius 3 is 1.00 bits per heavy atom. The first-order valence-corrected chi connectivity index (χ1v) is 22.8. The molecule has 274 valence electrons. The molecule has 0 heterocycles. The summed E-state index contributed by atoms with van der Waals surface area (Å²) >= 11 is 7.22. The van der Waals surface area contributed by atoms with Crippen LogP contribution in [-0.4, -0.2) is 17.4 Å². The molecule has 0 fully saturated rings. The second-order valence-electron chi connectivity index (χ2n) is 13.3. The second-order valence-corrected chi connectivity index (χ2v) is 20.8. The van der Waals surface area contributed by atoms with Crippen molar-refractivity contribution in [3.05, 3.63) is 190 Å². The predicted octanol–water partition coefficient (Wildman–Crippen LogP) is 6.98. The molecule has 8 aromatic carbocycles. The van der Waals surface area contributed by atoms with E-state index in [2.05, 4.69) is 31.9 Å². The smallest absolute Gasteiger partial charge is 1.00 e. The molecule has 8 aromatic rings. The molecule has 4 nitrogen and oxygen atoms in total. The van der Waals surface area contributed by atoms with E-state index in [1.807, 2.05) is 170 Å². The summed E-state index contributed by atoms with van der Waals surface area (Å²) in [6.07, 6.45) is -0.0756. The van der Waals surface area contributed by atoms with Gasteiger partial charge in [0.2, 0.25) is 0 Å². The van der Waals surface area contributed by atoms with E-state index in [1.54, 1.807) is 0 Å². The summed E-state index contributed by atoms with van der Waals surface area (Å²) in [6.45, 7) is 0. The SMILES string of the molecule is O=P(Cc1cc2cc(Br)ccc2c(-c2c([O-])c(CP(=O)(c3ccccc3)c3ccccc3)cc3cc(Br)ccc23)c1[O-])(c1ccccc1)c1ccccc1.[Al+3].[Cl-]. The molecular formula is C46H32AlBr2ClO4P2. The number of benzene rings is 8. The van der Waals surface area contributed by atoms with Crippen LogP contribution in [0.2, 0.25) is 0 Å². The standard InChI is InChI=1S/C46H34Br2O4P2.Al.ClH/c47-35-21-23-41-31(27-35)25-33(29-53(51,37-13-5-1-6-14-37)38-15-7-2-8-16-38)45(49)43(41)44-42-24-22-36(48)28-32(42)26-34(46(44)50)30-54(52,39-17-9-3-10-18-39)40-19-11-4-12-20-40;;/h1-28,49-50H,29-30H2;;1H/q;+3;/p-3. The van der Waals surface area contributed by atoms with Gasteiger partial charge in [-0.15, -0.1) is 0 Å². The van der Waals surface area contributed by atoms with Crippen molar-refractivity contribution in [2.75, 3.05) is 0 Å². The van der Waals surface area contributed by atoms with Crippen molar-refractivity contribution >= 4 is 106 Å². The van der Waals surface area contributed by atoms with Crippen LogP contribution in [0.25, 0.3) is 32.7 Å². The van der Waals surface area contributed by atoms with Gasteiger partial charge in [-0.05, 0) is 68.1 Å². The molecule has 0 radical (unpaired) electrons. The first kappa shape index (κ1) is 41.7. The van der Waals surface area contributed by atoms with Crippen LogP contribution in [0.3, 0.4) is 0 Å². The third kappa shape index (κ3) is 7.85. The van der Waals surface area contributed by atoms with Gasteiger partial charge >= 0.3 is 17.4 Å². The molecule has 0 aliphatic carbocycles. The Kier molecular flexibility index (Phi) is 12.9. The van der Waals surface area contributed by atoms with Crippen molar-refractivity contribution in [2.45, 2.75) is 12.3 Å². The monoisotopic (exact) mass is 930 g/mol. The quantitative estimate of drug-likeness (QED) is 0.116. The molecule has 0 saturated carbocycles. The summed E-state index contributed by atoms with van der Waals surface area (Å²) in [6, 6.07) is 52.0. The van der Waals surface area contributed by atoms with E-state index in [0.29, 0.717) is 43.1 Å². The number of rotatable bonds is 9. The molecule has 0 bridgehead atoms. The van der Waals surface area contributed by atoms with Gasteiger partial charge in [0, 0.05) is 42.5 Å². The second kappa shape index (κ2) is 17.3. The van der Waals surface area contributed by atoms with Crippen LogP contribution < -0.4 is 43.8 Å². The zero-order valence-electron chi connectivity index (χ0n) is 29.8. The van der Waals surface area contributed by atoms with E-state index in [4.69, 9.17) is 0 Å². The van der Waals surface area contributed by atoms with E-state index in [0.717, 1.165) is 19.7 Å². The predicted molar refractivity (Wildman–Crippen MR) is 234 cm³/mol. The van der Waals surface area contributed by atoms with E-state index < -0.39 is 14.3 Å². The van der Waals surface area contributed by atoms with Gasteiger partial charge in [0.25, 0.3) is 0 Å². The normalized spacial score (nSPS) is 11.5. The summed E-state index contributed by atoms with van der Waals surface area (Å²) in [5.41, 5.74) is 1.19. The van der Waals surface area contributed by atoms with Crippen molar-refractivity contribution in [3.63, 3.8) is 0 Å². The molecule has 0 aliphatic rings.